The van der Waals surface area contributed by atoms with Crippen LogP contribution in [0.2, 0.25) is 0 Å². The molecule has 0 unspecified atom stereocenters. The van der Waals surface area contributed by atoms with Crippen LogP contribution >= 0.6 is 15.9 Å². The molecule has 5 heteroatoms. The Labute approximate surface area is 210 Å². The number of amides is 1. The number of hydrogen-bond acceptors (Lipinski definition) is 3. The van der Waals surface area contributed by atoms with Crippen molar-refractivity contribution in [3.05, 3.63) is 28.2 Å². The molecule has 0 heterocycles. The zero-order valence-electron chi connectivity index (χ0n) is 20.5. The standard InChI is InChI=1S/C28H43BrN2O2/c1-3-5-6-7-8-9-10-11-12-13-14-15-16-17-18-19-28(32)31-30-24-25-23-26(29)20-21-27(25)33-22-4-2/h2,20-21,23-24H,3,5-19,22H2,1H3,(H,31,32). The molecule has 0 aliphatic carbocycles. The van der Waals surface area contributed by atoms with Gasteiger partial charge in [0, 0.05) is 16.5 Å². The van der Waals surface area contributed by atoms with Gasteiger partial charge in [-0.15, -0.1) is 6.42 Å². The highest BCUT2D eigenvalue weighted by molar-refractivity contribution is 9.10. The van der Waals surface area contributed by atoms with Crippen molar-refractivity contribution in [2.24, 2.45) is 5.10 Å². The van der Waals surface area contributed by atoms with Crippen LogP contribution in [0.25, 0.3) is 0 Å². The number of hydrazone groups is 1. The number of ether oxygens (including phenoxy) is 1. The number of nitrogens with one attached hydrogen (secondary N) is 1. The predicted octanol–water partition coefficient (Wildman–Crippen LogP) is 8.17. The largest absolute Gasteiger partial charge is 0.480 e. The monoisotopic (exact) mass is 518 g/mol. The van der Waals surface area contributed by atoms with Gasteiger partial charge in [0.25, 0.3) is 0 Å². The number of carbonyl (C=O) groups excluding carboxylic acids is 1. The molecule has 0 aromatic heterocycles. The number of unbranched alkanes of at least 4 members (excludes halogenated alkanes) is 14. The highest BCUT2D eigenvalue weighted by Gasteiger charge is 2.03. The molecule has 1 aromatic rings. The summed E-state index contributed by atoms with van der Waals surface area (Å²) in [7, 11) is 0. The lowest BCUT2D eigenvalue weighted by atomic mass is 10.0. The molecule has 1 rings (SSSR count). The van der Waals surface area contributed by atoms with E-state index in [2.05, 4.69) is 39.3 Å². The topological polar surface area (TPSA) is 50.7 Å². The Hall–Kier alpha value is -1.80. The molecule has 0 saturated heterocycles. The second kappa shape index (κ2) is 20.8. The third-order valence-electron chi connectivity index (χ3n) is 5.68. The van der Waals surface area contributed by atoms with Gasteiger partial charge in [-0.2, -0.15) is 5.10 Å². The van der Waals surface area contributed by atoms with Gasteiger partial charge in [0.05, 0.1) is 6.21 Å². The van der Waals surface area contributed by atoms with Crippen molar-refractivity contribution in [1.29, 1.82) is 0 Å². The van der Waals surface area contributed by atoms with Gasteiger partial charge >= 0.3 is 0 Å². The number of nitrogens with zero attached hydrogens (tertiary/aromatic N) is 1. The van der Waals surface area contributed by atoms with Gasteiger partial charge in [-0.3, -0.25) is 4.79 Å². The summed E-state index contributed by atoms with van der Waals surface area (Å²) in [5, 5.41) is 4.06. The van der Waals surface area contributed by atoms with E-state index >= 15 is 0 Å². The molecule has 0 atom stereocenters. The first-order valence-electron chi connectivity index (χ1n) is 12.8. The van der Waals surface area contributed by atoms with Crippen molar-refractivity contribution >= 4 is 28.1 Å². The van der Waals surface area contributed by atoms with Gasteiger partial charge < -0.3 is 4.74 Å². The summed E-state index contributed by atoms with van der Waals surface area (Å²) in [6, 6.07) is 5.56. The van der Waals surface area contributed by atoms with Crippen molar-refractivity contribution in [2.75, 3.05) is 6.61 Å². The summed E-state index contributed by atoms with van der Waals surface area (Å²) in [6.45, 7) is 2.46. The molecule has 0 bridgehead atoms. The molecule has 4 nitrogen and oxygen atoms in total. The van der Waals surface area contributed by atoms with E-state index in [4.69, 9.17) is 11.2 Å². The molecule has 1 amide bonds. The second-order valence-electron chi connectivity index (χ2n) is 8.67. The van der Waals surface area contributed by atoms with E-state index in [1.807, 2.05) is 18.2 Å². The van der Waals surface area contributed by atoms with Crippen LogP contribution in [0.3, 0.4) is 0 Å². The number of halogens is 1. The fraction of sp³-hybridized carbons (Fsp3) is 0.643. The van der Waals surface area contributed by atoms with Crippen LogP contribution in [-0.2, 0) is 4.79 Å². The van der Waals surface area contributed by atoms with Crippen LogP contribution in [0.15, 0.2) is 27.8 Å². The van der Waals surface area contributed by atoms with E-state index in [1.165, 1.54) is 83.5 Å². The molecule has 33 heavy (non-hydrogen) atoms. The lowest BCUT2D eigenvalue weighted by molar-refractivity contribution is -0.121. The minimum absolute atomic E-state index is 0.0537. The number of hydrogen-bond donors (Lipinski definition) is 1. The number of terminal acetylenes is 1. The van der Waals surface area contributed by atoms with Crippen molar-refractivity contribution in [1.82, 2.24) is 5.43 Å². The Morgan fingerprint density at radius 3 is 2.06 bits per heavy atom. The first kappa shape index (κ1) is 29.2. The zero-order chi connectivity index (χ0) is 24.0. The smallest absolute Gasteiger partial charge is 0.240 e. The van der Waals surface area contributed by atoms with Crippen molar-refractivity contribution in [2.45, 2.75) is 110 Å². The maximum absolute atomic E-state index is 12.0. The first-order chi connectivity index (χ1) is 16.2. The van der Waals surface area contributed by atoms with Crippen LogP contribution in [-0.4, -0.2) is 18.7 Å². The Kier molecular flexibility index (Phi) is 18.4. The SMILES string of the molecule is C#CCOc1ccc(Br)cc1C=NNC(=O)CCCCCCCCCCCCCCCCC. The molecule has 0 aliphatic heterocycles. The molecule has 0 saturated carbocycles. The van der Waals surface area contributed by atoms with Crippen LogP contribution in [0.5, 0.6) is 5.75 Å². The minimum Gasteiger partial charge on any atom is -0.480 e. The third kappa shape index (κ3) is 16.5. The van der Waals surface area contributed by atoms with E-state index in [0.29, 0.717) is 12.2 Å². The maximum atomic E-state index is 12.0. The summed E-state index contributed by atoms with van der Waals surface area (Å²) in [6.07, 6.45) is 27.1. The van der Waals surface area contributed by atoms with E-state index in [0.717, 1.165) is 22.9 Å². The van der Waals surface area contributed by atoms with E-state index in [-0.39, 0.29) is 12.5 Å². The molecule has 0 aliphatic rings. The second-order valence-corrected chi connectivity index (χ2v) is 9.58. The van der Waals surface area contributed by atoms with Crippen molar-refractivity contribution in [3.63, 3.8) is 0 Å². The Morgan fingerprint density at radius 2 is 1.52 bits per heavy atom. The average molecular weight is 520 g/mol. The average Bonchev–Trinajstić information content (AvgIpc) is 2.81. The highest BCUT2D eigenvalue weighted by atomic mass is 79.9. The van der Waals surface area contributed by atoms with E-state index in [1.54, 1.807) is 6.21 Å². The quantitative estimate of drug-likeness (QED) is 0.0818. The number of carbonyl (C=O) groups is 1. The van der Waals surface area contributed by atoms with Crippen LogP contribution < -0.4 is 10.2 Å². The lowest BCUT2D eigenvalue weighted by Gasteiger charge is -2.06. The molecule has 1 N–H and O–H groups in total. The van der Waals surface area contributed by atoms with Crippen molar-refractivity contribution < 1.29 is 9.53 Å². The fourth-order valence-electron chi connectivity index (χ4n) is 3.76. The van der Waals surface area contributed by atoms with Crippen molar-refractivity contribution in [3.8, 4) is 18.1 Å². The van der Waals surface area contributed by atoms with E-state index in [9.17, 15) is 4.79 Å². The zero-order valence-corrected chi connectivity index (χ0v) is 22.1. The van der Waals surface area contributed by atoms with E-state index < -0.39 is 0 Å². The van der Waals surface area contributed by atoms with Gasteiger partial charge in [-0.05, 0) is 24.6 Å². The molecule has 0 radical (unpaired) electrons. The number of rotatable bonds is 20. The summed E-state index contributed by atoms with van der Waals surface area (Å²) >= 11 is 3.43. The van der Waals surface area contributed by atoms with Crippen LogP contribution in [0, 0.1) is 12.3 Å². The van der Waals surface area contributed by atoms with Gasteiger partial charge in [-0.25, -0.2) is 5.43 Å². The summed E-state index contributed by atoms with van der Waals surface area (Å²) < 4.78 is 6.40. The van der Waals surface area contributed by atoms with Crippen LogP contribution in [0.1, 0.15) is 115 Å². The normalized spacial score (nSPS) is 10.9. The molecule has 1 aromatic carbocycles. The lowest BCUT2D eigenvalue weighted by Crippen LogP contribution is -2.17. The van der Waals surface area contributed by atoms with Gasteiger partial charge in [-0.1, -0.05) is 119 Å². The molecule has 0 fully saturated rings. The third-order valence-corrected chi connectivity index (χ3v) is 6.18. The van der Waals surface area contributed by atoms with Gasteiger partial charge in [0.2, 0.25) is 5.91 Å². The molecule has 184 valence electrons. The Bertz CT molecular complexity index is 712. The summed E-state index contributed by atoms with van der Waals surface area (Å²) in [5.41, 5.74) is 3.36. The fourth-order valence-corrected chi connectivity index (χ4v) is 4.14. The summed E-state index contributed by atoms with van der Waals surface area (Å²) in [5.74, 6) is 3.03. The first-order valence-corrected chi connectivity index (χ1v) is 13.6. The van der Waals surface area contributed by atoms with Gasteiger partial charge in [0.15, 0.2) is 0 Å². The molecular weight excluding hydrogens is 476 g/mol. The van der Waals surface area contributed by atoms with Crippen LogP contribution in [0.4, 0.5) is 0 Å². The maximum Gasteiger partial charge on any atom is 0.240 e. The highest BCUT2D eigenvalue weighted by Crippen LogP contribution is 2.21. The molecule has 0 spiro atoms. The summed E-state index contributed by atoms with van der Waals surface area (Å²) in [4.78, 5) is 12.0. The minimum atomic E-state index is -0.0537. The number of benzene rings is 1. The Balaban J connectivity index is 2.00. The molecular formula is C28H43BrN2O2. The Morgan fingerprint density at radius 1 is 0.970 bits per heavy atom. The van der Waals surface area contributed by atoms with Gasteiger partial charge in [0.1, 0.15) is 12.4 Å². The predicted molar refractivity (Wildman–Crippen MR) is 144 cm³/mol.